The molecule has 0 spiro atoms. The van der Waals surface area contributed by atoms with E-state index < -0.39 is 0 Å². The van der Waals surface area contributed by atoms with Gasteiger partial charge in [-0.3, -0.25) is 4.68 Å². The van der Waals surface area contributed by atoms with Crippen LogP contribution >= 0.6 is 0 Å². The summed E-state index contributed by atoms with van der Waals surface area (Å²) in [6, 6.07) is 4.88. The zero-order valence-corrected chi connectivity index (χ0v) is 11.7. The Bertz CT molecular complexity index is 561. The first-order valence-electron chi connectivity index (χ1n) is 6.59. The van der Waals surface area contributed by atoms with E-state index in [1.165, 1.54) is 11.6 Å². The summed E-state index contributed by atoms with van der Waals surface area (Å²) < 4.78 is 15.2. The molecule has 0 bridgehead atoms. The van der Waals surface area contributed by atoms with Crippen LogP contribution < -0.4 is 5.32 Å². The van der Waals surface area contributed by atoms with Gasteiger partial charge in [-0.15, -0.1) is 0 Å². The second-order valence-corrected chi connectivity index (χ2v) is 4.76. The van der Waals surface area contributed by atoms with Crippen LogP contribution in [0.1, 0.15) is 29.3 Å². The Labute approximate surface area is 113 Å². The lowest BCUT2D eigenvalue weighted by Gasteiger charge is -2.09. The first-order valence-corrected chi connectivity index (χ1v) is 6.59. The fourth-order valence-corrected chi connectivity index (χ4v) is 2.05. The van der Waals surface area contributed by atoms with Gasteiger partial charge in [-0.25, -0.2) is 4.39 Å². The summed E-state index contributed by atoms with van der Waals surface area (Å²) in [5, 5.41) is 7.68. The number of hydrogen-bond acceptors (Lipinski definition) is 2. The van der Waals surface area contributed by atoms with E-state index in [4.69, 9.17) is 0 Å². The first kappa shape index (κ1) is 13.7. The van der Waals surface area contributed by atoms with Gasteiger partial charge in [-0.2, -0.15) is 5.10 Å². The zero-order chi connectivity index (χ0) is 13.8. The molecule has 2 rings (SSSR count). The highest BCUT2D eigenvalue weighted by Gasteiger charge is 2.08. The van der Waals surface area contributed by atoms with Crippen molar-refractivity contribution in [3.05, 3.63) is 52.6 Å². The smallest absolute Gasteiger partial charge is 0.123 e. The van der Waals surface area contributed by atoms with E-state index in [2.05, 4.69) is 17.3 Å². The van der Waals surface area contributed by atoms with Gasteiger partial charge in [0.1, 0.15) is 5.82 Å². The van der Waals surface area contributed by atoms with Gasteiger partial charge in [-0.1, -0.05) is 13.0 Å². The molecule has 4 heteroatoms. The molecule has 102 valence electrons. The minimum absolute atomic E-state index is 0.196. The van der Waals surface area contributed by atoms with Crippen LogP contribution in [-0.4, -0.2) is 16.3 Å². The van der Waals surface area contributed by atoms with Crippen LogP contribution in [0.4, 0.5) is 4.39 Å². The molecule has 0 atom stereocenters. The van der Waals surface area contributed by atoms with E-state index in [0.717, 1.165) is 29.9 Å². The maximum atomic E-state index is 13.3. The SMILES string of the molecule is CCNCc1cnn(Cc2cc(F)ccc2C)c1C. The number of nitrogens with one attached hydrogen (secondary N) is 1. The van der Waals surface area contributed by atoms with Crippen molar-refractivity contribution in [2.45, 2.75) is 33.9 Å². The molecular weight excluding hydrogens is 241 g/mol. The van der Waals surface area contributed by atoms with Crippen LogP contribution in [0.2, 0.25) is 0 Å². The number of halogens is 1. The summed E-state index contributed by atoms with van der Waals surface area (Å²) in [7, 11) is 0. The van der Waals surface area contributed by atoms with Crippen molar-refractivity contribution in [3.8, 4) is 0 Å². The molecule has 0 unspecified atom stereocenters. The largest absolute Gasteiger partial charge is 0.313 e. The van der Waals surface area contributed by atoms with Gasteiger partial charge in [0.2, 0.25) is 0 Å². The topological polar surface area (TPSA) is 29.9 Å². The Morgan fingerprint density at radius 3 is 2.79 bits per heavy atom. The molecular formula is C15H20FN3. The molecule has 0 amide bonds. The van der Waals surface area contributed by atoms with Crippen LogP contribution in [0, 0.1) is 19.7 Å². The molecule has 3 nitrogen and oxygen atoms in total. The van der Waals surface area contributed by atoms with Crippen LogP contribution in [0.25, 0.3) is 0 Å². The van der Waals surface area contributed by atoms with E-state index in [-0.39, 0.29) is 5.82 Å². The third-order valence-electron chi connectivity index (χ3n) is 3.40. The molecule has 19 heavy (non-hydrogen) atoms. The Hall–Kier alpha value is -1.68. The Morgan fingerprint density at radius 2 is 2.05 bits per heavy atom. The van der Waals surface area contributed by atoms with Crippen LogP contribution in [-0.2, 0) is 13.1 Å². The van der Waals surface area contributed by atoms with Crippen LogP contribution in [0.15, 0.2) is 24.4 Å². The Balaban J connectivity index is 2.19. The van der Waals surface area contributed by atoms with Crippen molar-refractivity contribution in [2.75, 3.05) is 6.54 Å². The monoisotopic (exact) mass is 261 g/mol. The zero-order valence-electron chi connectivity index (χ0n) is 11.7. The van der Waals surface area contributed by atoms with Gasteiger partial charge in [-0.05, 0) is 43.7 Å². The lowest BCUT2D eigenvalue weighted by atomic mass is 10.1. The normalized spacial score (nSPS) is 10.9. The predicted molar refractivity (Wildman–Crippen MR) is 74.6 cm³/mol. The van der Waals surface area contributed by atoms with Gasteiger partial charge in [0.25, 0.3) is 0 Å². The average molecular weight is 261 g/mol. The molecule has 1 N–H and O–H groups in total. The maximum absolute atomic E-state index is 13.3. The number of rotatable bonds is 5. The highest BCUT2D eigenvalue weighted by atomic mass is 19.1. The predicted octanol–water partition coefficient (Wildman–Crippen LogP) is 2.80. The molecule has 0 aliphatic carbocycles. The van der Waals surface area contributed by atoms with Crippen molar-refractivity contribution in [2.24, 2.45) is 0 Å². The Morgan fingerprint density at radius 1 is 1.26 bits per heavy atom. The van der Waals surface area contributed by atoms with Crippen molar-refractivity contribution in [3.63, 3.8) is 0 Å². The van der Waals surface area contributed by atoms with E-state index in [9.17, 15) is 4.39 Å². The third kappa shape index (κ3) is 3.20. The minimum atomic E-state index is -0.196. The molecule has 0 radical (unpaired) electrons. The Kier molecular flexibility index (Phi) is 4.32. The van der Waals surface area contributed by atoms with Gasteiger partial charge < -0.3 is 5.32 Å². The van der Waals surface area contributed by atoms with Gasteiger partial charge in [0.15, 0.2) is 0 Å². The second-order valence-electron chi connectivity index (χ2n) is 4.76. The van der Waals surface area contributed by atoms with Crippen molar-refractivity contribution in [1.29, 1.82) is 0 Å². The van der Waals surface area contributed by atoms with Gasteiger partial charge in [0.05, 0.1) is 12.7 Å². The molecule has 2 aromatic rings. The second kappa shape index (κ2) is 5.97. The summed E-state index contributed by atoms with van der Waals surface area (Å²) in [5.74, 6) is -0.196. The van der Waals surface area contributed by atoms with Crippen LogP contribution in [0.5, 0.6) is 0 Å². The molecule has 0 saturated carbocycles. The summed E-state index contributed by atoms with van der Waals surface area (Å²) in [6.07, 6.45) is 1.88. The third-order valence-corrected chi connectivity index (χ3v) is 3.40. The number of aryl methyl sites for hydroxylation is 1. The summed E-state index contributed by atoms with van der Waals surface area (Å²) >= 11 is 0. The minimum Gasteiger partial charge on any atom is -0.313 e. The summed E-state index contributed by atoms with van der Waals surface area (Å²) in [5.41, 5.74) is 4.38. The van der Waals surface area contributed by atoms with E-state index in [1.54, 1.807) is 6.07 Å². The quantitative estimate of drug-likeness (QED) is 0.897. The lowest BCUT2D eigenvalue weighted by Crippen LogP contribution is -2.13. The van der Waals surface area contributed by atoms with Gasteiger partial charge in [0, 0.05) is 17.8 Å². The maximum Gasteiger partial charge on any atom is 0.123 e. The van der Waals surface area contributed by atoms with Crippen molar-refractivity contribution >= 4 is 0 Å². The molecule has 1 aromatic heterocycles. The van der Waals surface area contributed by atoms with E-state index >= 15 is 0 Å². The van der Waals surface area contributed by atoms with E-state index in [0.29, 0.717) is 6.54 Å². The molecule has 1 aromatic carbocycles. The van der Waals surface area contributed by atoms with Crippen LogP contribution in [0.3, 0.4) is 0 Å². The highest BCUT2D eigenvalue weighted by Crippen LogP contribution is 2.14. The number of nitrogens with zero attached hydrogens (tertiary/aromatic N) is 2. The summed E-state index contributed by atoms with van der Waals surface area (Å²) in [4.78, 5) is 0. The molecule has 0 aliphatic heterocycles. The van der Waals surface area contributed by atoms with Crippen molar-refractivity contribution in [1.82, 2.24) is 15.1 Å². The fraction of sp³-hybridized carbons (Fsp3) is 0.400. The first-order chi connectivity index (χ1) is 9.11. The number of hydrogen-bond donors (Lipinski definition) is 1. The molecule has 0 saturated heterocycles. The molecule has 0 aliphatic rings. The number of aromatic nitrogens is 2. The fourth-order valence-electron chi connectivity index (χ4n) is 2.05. The molecule has 0 fully saturated rings. The average Bonchev–Trinajstić information content (AvgIpc) is 2.73. The van der Waals surface area contributed by atoms with E-state index in [1.807, 2.05) is 30.8 Å². The number of benzene rings is 1. The lowest BCUT2D eigenvalue weighted by molar-refractivity contribution is 0.614. The van der Waals surface area contributed by atoms with Gasteiger partial charge >= 0.3 is 0 Å². The van der Waals surface area contributed by atoms with Crippen molar-refractivity contribution < 1.29 is 4.39 Å². The standard InChI is InChI=1S/C15H20FN3/c1-4-17-8-14-9-18-19(12(14)3)10-13-7-15(16)6-5-11(13)2/h5-7,9,17H,4,8,10H2,1-3H3. The molecule has 1 heterocycles. The highest BCUT2D eigenvalue weighted by molar-refractivity contribution is 5.27. The summed E-state index contributed by atoms with van der Waals surface area (Å²) in [6.45, 7) is 8.50.